The highest BCUT2D eigenvalue weighted by molar-refractivity contribution is 6.31. The van der Waals surface area contributed by atoms with Gasteiger partial charge in [-0.3, -0.25) is 9.69 Å². The summed E-state index contributed by atoms with van der Waals surface area (Å²) in [5.41, 5.74) is -3.00. The molecule has 0 saturated carbocycles. The molecule has 0 spiro atoms. The molecule has 0 aliphatic carbocycles. The van der Waals surface area contributed by atoms with Gasteiger partial charge in [0, 0.05) is 47.9 Å². The van der Waals surface area contributed by atoms with E-state index in [0.717, 1.165) is 0 Å². The van der Waals surface area contributed by atoms with Crippen LogP contribution in [0.3, 0.4) is 0 Å². The van der Waals surface area contributed by atoms with Gasteiger partial charge in [-0.2, -0.15) is 0 Å². The quantitative estimate of drug-likeness (QED) is 0.322. The lowest BCUT2D eigenvalue weighted by molar-refractivity contribution is -0.312. The molecule has 2 atom stereocenters. The second kappa shape index (κ2) is 12.1. The molecule has 2 heterocycles. The van der Waals surface area contributed by atoms with Crippen molar-refractivity contribution in [3.8, 4) is 0 Å². The van der Waals surface area contributed by atoms with Gasteiger partial charge in [-0.15, -0.1) is 0 Å². The fourth-order valence-electron chi connectivity index (χ4n) is 6.73. The summed E-state index contributed by atoms with van der Waals surface area (Å²) in [7, 11) is 1.38. The molecule has 1 saturated heterocycles. The number of fused-ring (bicyclic) bond motifs is 1. The van der Waals surface area contributed by atoms with Crippen LogP contribution in [0.5, 0.6) is 0 Å². The maximum atomic E-state index is 16.6. The highest BCUT2D eigenvalue weighted by atomic mass is 35.5. The zero-order valence-corrected chi connectivity index (χ0v) is 26.6. The topological polar surface area (TPSA) is 99.1 Å². The summed E-state index contributed by atoms with van der Waals surface area (Å²) in [5, 5.41) is 24.9. The first-order chi connectivity index (χ1) is 20.8. The van der Waals surface area contributed by atoms with Gasteiger partial charge in [-0.05, 0) is 78.3 Å². The Kier molecular flexibility index (Phi) is 8.88. The number of methoxy groups -OCH3 is 1. The first-order valence-electron chi connectivity index (χ1n) is 14.6. The van der Waals surface area contributed by atoms with Crippen LogP contribution in [0.25, 0.3) is 0 Å². The molecule has 3 aromatic carbocycles. The summed E-state index contributed by atoms with van der Waals surface area (Å²) in [6.07, 6.45) is 1.51. The van der Waals surface area contributed by atoms with Gasteiger partial charge in [0.05, 0.1) is 22.7 Å². The van der Waals surface area contributed by atoms with Crippen LogP contribution in [0.4, 0.5) is 4.39 Å². The molecule has 1 amide bonds. The molecule has 3 aromatic rings. The molecule has 1 fully saturated rings. The fourth-order valence-corrected chi connectivity index (χ4v) is 7.03. The zero-order chi connectivity index (χ0) is 32.0. The van der Waals surface area contributed by atoms with Crippen molar-refractivity contribution in [3.05, 3.63) is 104 Å². The first kappa shape index (κ1) is 32.4. The molecule has 0 unspecified atom stereocenters. The Morgan fingerprint density at radius 2 is 1.75 bits per heavy atom. The third-order valence-corrected chi connectivity index (χ3v) is 9.82. The van der Waals surface area contributed by atoms with Gasteiger partial charge in [0.2, 0.25) is 0 Å². The molecule has 44 heavy (non-hydrogen) atoms. The Hall–Kier alpha value is -3.01. The number of carboxylic acid groups (broad SMARTS) is 1. The molecule has 0 radical (unpaired) electrons. The molecule has 10 heteroatoms. The number of aliphatic carboxylic acids is 1. The highest BCUT2D eigenvalue weighted by Crippen LogP contribution is 2.50. The Bertz CT molecular complexity index is 1590. The normalized spacial score (nSPS) is 20.5. The van der Waals surface area contributed by atoms with E-state index in [9.17, 15) is 19.8 Å². The van der Waals surface area contributed by atoms with Gasteiger partial charge in [0.25, 0.3) is 5.91 Å². The van der Waals surface area contributed by atoms with Crippen molar-refractivity contribution in [1.82, 2.24) is 4.90 Å². The number of rotatable bonds is 9. The van der Waals surface area contributed by atoms with E-state index >= 15 is 4.39 Å². The average Bonchev–Trinajstić information content (AvgIpc) is 3.26. The van der Waals surface area contributed by atoms with E-state index in [4.69, 9.17) is 32.7 Å². The van der Waals surface area contributed by atoms with E-state index in [1.54, 1.807) is 42.5 Å². The van der Waals surface area contributed by atoms with Gasteiger partial charge in [-0.1, -0.05) is 62.2 Å². The first-order valence-corrected chi connectivity index (χ1v) is 15.3. The molecular weight excluding hydrogens is 608 g/mol. The van der Waals surface area contributed by atoms with Crippen LogP contribution < -0.4 is 5.11 Å². The van der Waals surface area contributed by atoms with Crippen molar-refractivity contribution in [2.45, 2.75) is 63.3 Å². The number of halogens is 3. The van der Waals surface area contributed by atoms with Gasteiger partial charge in [0.1, 0.15) is 5.82 Å². The summed E-state index contributed by atoms with van der Waals surface area (Å²) < 4.78 is 28.3. The fraction of sp³-hybridized carbons (Fsp3) is 0.412. The van der Waals surface area contributed by atoms with E-state index in [1.807, 2.05) is 6.92 Å². The summed E-state index contributed by atoms with van der Waals surface area (Å²) in [6, 6.07) is 14.2. The van der Waals surface area contributed by atoms with Gasteiger partial charge in [0.15, 0.2) is 5.72 Å². The number of carbonyl (C=O) groups excluding carboxylic acids is 2. The Morgan fingerprint density at radius 3 is 2.34 bits per heavy atom. The van der Waals surface area contributed by atoms with Crippen molar-refractivity contribution < 1.29 is 33.7 Å². The SMILES string of the molecule is CC[C@@](O)(c1cc(F)c2c(c1)C(=O)N(Cc1ccc(Cl)cc1C(C)(C)C(=O)[O-])[C@@]2(OC)c1ccc(Cl)cc1)C1CCOCC1. The van der Waals surface area contributed by atoms with Crippen molar-refractivity contribution in [2.75, 3.05) is 20.3 Å². The minimum Gasteiger partial charge on any atom is -0.549 e. The van der Waals surface area contributed by atoms with Crippen LogP contribution >= 0.6 is 23.2 Å². The molecule has 0 aromatic heterocycles. The predicted molar refractivity (Wildman–Crippen MR) is 163 cm³/mol. The molecule has 0 bridgehead atoms. The average molecular weight is 644 g/mol. The largest absolute Gasteiger partial charge is 0.549 e. The molecule has 7 nitrogen and oxygen atoms in total. The van der Waals surface area contributed by atoms with E-state index in [1.165, 1.54) is 38.0 Å². The van der Waals surface area contributed by atoms with Crippen LogP contribution in [0.2, 0.25) is 10.0 Å². The Morgan fingerprint density at radius 1 is 1.11 bits per heavy atom. The number of amides is 1. The smallest absolute Gasteiger partial charge is 0.257 e. The minimum absolute atomic E-state index is 0.00354. The van der Waals surface area contributed by atoms with Crippen LogP contribution in [-0.4, -0.2) is 42.2 Å². The third kappa shape index (κ3) is 5.20. The Balaban J connectivity index is 1.73. The maximum Gasteiger partial charge on any atom is 0.257 e. The van der Waals surface area contributed by atoms with Gasteiger partial charge >= 0.3 is 0 Å². The standard InChI is InChI=1S/C34H36Cl2FNO6/c1-5-33(42,21-12-14-44-15-13-21)23-16-26-29(28(37)17-23)34(43-4,22-7-10-24(35)11-8-22)38(30(26)39)19-20-6-9-25(36)18-27(20)32(2,3)31(40)41/h6-11,16-18,21,42H,5,12-15,19H2,1-4H3,(H,40,41)/p-1/t33-,34+/m0/s1. The van der Waals surface area contributed by atoms with Crippen molar-refractivity contribution >= 4 is 35.1 Å². The van der Waals surface area contributed by atoms with E-state index < -0.39 is 34.4 Å². The number of hydrogen-bond donors (Lipinski definition) is 1. The lowest BCUT2D eigenvalue weighted by Crippen LogP contribution is -2.47. The van der Waals surface area contributed by atoms with E-state index in [2.05, 4.69) is 0 Å². The maximum absolute atomic E-state index is 16.6. The lowest BCUT2D eigenvalue weighted by Gasteiger charge is -2.40. The minimum atomic E-state index is -1.74. The van der Waals surface area contributed by atoms with Crippen molar-refractivity contribution in [3.63, 3.8) is 0 Å². The molecular formula is C34H35Cl2FNO6-. The second-order valence-electron chi connectivity index (χ2n) is 12.0. The van der Waals surface area contributed by atoms with Crippen molar-refractivity contribution in [1.29, 1.82) is 0 Å². The number of ether oxygens (including phenoxy) is 2. The number of aliphatic hydroxyl groups is 1. The van der Waals surface area contributed by atoms with E-state index in [0.29, 0.717) is 64.8 Å². The molecule has 234 valence electrons. The number of nitrogens with zero attached hydrogens (tertiary/aromatic N) is 1. The molecule has 5 rings (SSSR count). The summed E-state index contributed by atoms with van der Waals surface area (Å²) in [6.45, 7) is 5.65. The van der Waals surface area contributed by atoms with Crippen LogP contribution in [-0.2, 0) is 37.6 Å². The highest BCUT2D eigenvalue weighted by Gasteiger charge is 2.54. The van der Waals surface area contributed by atoms with E-state index in [-0.39, 0.29) is 23.6 Å². The summed E-state index contributed by atoms with van der Waals surface area (Å²) in [4.78, 5) is 28.0. The lowest BCUT2D eigenvalue weighted by atomic mass is 9.74. The van der Waals surface area contributed by atoms with Crippen molar-refractivity contribution in [2.24, 2.45) is 5.92 Å². The van der Waals surface area contributed by atoms with Gasteiger partial charge < -0.3 is 24.5 Å². The monoisotopic (exact) mass is 642 g/mol. The van der Waals surface area contributed by atoms with Crippen LogP contribution in [0.1, 0.15) is 78.2 Å². The molecule has 2 aliphatic rings. The summed E-state index contributed by atoms with van der Waals surface area (Å²) >= 11 is 12.5. The predicted octanol–water partition coefficient (Wildman–Crippen LogP) is 5.69. The number of carboxylic acids is 1. The second-order valence-corrected chi connectivity index (χ2v) is 12.9. The van der Waals surface area contributed by atoms with Gasteiger partial charge in [-0.25, -0.2) is 4.39 Å². The third-order valence-electron chi connectivity index (χ3n) is 9.34. The van der Waals surface area contributed by atoms with Crippen LogP contribution in [0.15, 0.2) is 54.6 Å². The number of carbonyl (C=O) groups is 2. The van der Waals surface area contributed by atoms with Crippen LogP contribution in [0, 0.1) is 11.7 Å². The number of benzene rings is 3. The zero-order valence-electron chi connectivity index (χ0n) is 25.1. The summed E-state index contributed by atoms with van der Waals surface area (Å²) in [5.74, 6) is -2.76. The molecule has 1 N–H and O–H groups in total. The number of hydrogen-bond acceptors (Lipinski definition) is 6. The Labute approximate surface area is 266 Å². The molecule has 2 aliphatic heterocycles.